The van der Waals surface area contributed by atoms with Crippen molar-refractivity contribution in [3.63, 3.8) is 0 Å². The highest BCUT2D eigenvalue weighted by Gasteiger charge is 2.58. The van der Waals surface area contributed by atoms with Gasteiger partial charge in [0.1, 0.15) is 0 Å². The summed E-state index contributed by atoms with van der Waals surface area (Å²) in [6.45, 7) is 1.62. The van der Waals surface area contributed by atoms with Gasteiger partial charge in [-0.3, -0.25) is 9.59 Å². The molecule has 130 valence electrons. The molecule has 0 saturated carbocycles. The fourth-order valence-corrected chi connectivity index (χ4v) is 2.55. The number of hydrogen-bond donors (Lipinski definition) is 3. The Morgan fingerprint density at radius 3 is 2.43 bits per heavy atom. The molecule has 2 fully saturated rings. The minimum atomic E-state index is -2.76. The van der Waals surface area contributed by atoms with E-state index in [1.165, 1.54) is 0 Å². The standard InChI is InChI=1S/C14H20O9/c1-8(15)4-2-3-5-9-14(20)22-11(17)7-13(19,12(18)23-14)6-10(16)21-9/h8-9,15,19-20H,2-7H2,1H3. The number of carbonyl (C=O) groups excluding carboxylic acids is 3. The molecule has 2 saturated heterocycles. The zero-order chi connectivity index (χ0) is 17.3. The Morgan fingerprint density at radius 2 is 1.78 bits per heavy atom. The van der Waals surface area contributed by atoms with Crippen LogP contribution in [0.2, 0.25) is 0 Å². The molecule has 9 heteroatoms. The van der Waals surface area contributed by atoms with Crippen molar-refractivity contribution in [3.8, 4) is 0 Å². The Morgan fingerprint density at radius 1 is 1.13 bits per heavy atom. The van der Waals surface area contributed by atoms with Crippen LogP contribution in [0, 0.1) is 0 Å². The van der Waals surface area contributed by atoms with Crippen LogP contribution in [0.1, 0.15) is 45.4 Å². The lowest BCUT2D eigenvalue weighted by atomic mass is 9.95. The number of hydrogen-bond acceptors (Lipinski definition) is 9. The average Bonchev–Trinajstić information content (AvgIpc) is 2.45. The van der Waals surface area contributed by atoms with Crippen molar-refractivity contribution in [2.45, 2.75) is 69.2 Å². The maximum absolute atomic E-state index is 11.9. The lowest BCUT2D eigenvalue weighted by Gasteiger charge is -2.34. The molecule has 0 aromatic carbocycles. The summed E-state index contributed by atoms with van der Waals surface area (Å²) in [7, 11) is 0. The maximum atomic E-state index is 11.9. The van der Waals surface area contributed by atoms with Crippen molar-refractivity contribution in [2.24, 2.45) is 0 Å². The minimum absolute atomic E-state index is 0.0496. The first-order valence-corrected chi connectivity index (χ1v) is 7.42. The Bertz CT molecular complexity index is 502. The van der Waals surface area contributed by atoms with Crippen LogP contribution in [0.25, 0.3) is 0 Å². The SMILES string of the molecule is CC(O)CCCCC1OC(=O)CC2(O)CC(=O)OC1(O)OC2=O. The van der Waals surface area contributed by atoms with Gasteiger partial charge >= 0.3 is 23.9 Å². The van der Waals surface area contributed by atoms with Crippen LogP contribution >= 0.6 is 0 Å². The summed E-state index contributed by atoms with van der Waals surface area (Å²) in [4.78, 5) is 35.5. The summed E-state index contributed by atoms with van der Waals surface area (Å²) in [5.41, 5.74) is -2.41. The number of ether oxygens (including phenoxy) is 3. The number of rotatable bonds is 5. The summed E-state index contributed by atoms with van der Waals surface area (Å²) in [5.74, 6) is -6.09. The fourth-order valence-electron chi connectivity index (χ4n) is 2.55. The zero-order valence-electron chi connectivity index (χ0n) is 12.7. The average molecular weight is 332 g/mol. The smallest absolute Gasteiger partial charge is 0.413 e. The van der Waals surface area contributed by atoms with Gasteiger partial charge in [0.15, 0.2) is 5.60 Å². The van der Waals surface area contributed by atoms with Gasteiger partial charge < -0.3 is 29.5 Å². The second-order valence-electron chi connectivity index (χ2n) is 5.99. The van der Waals surface area contributed by atoms with Crippen molar-refractivity contribution in [3.05, 3.63) is 0 Å². The zero-order valence-corrected chi connectivity index (χ0v) is 12.7. The third-order valence-corrected chi connectivity index (χ3v) is 3.77. The van der Waals surface area contributed by atoms with Crippen molar-refractivity contribution in [1.82, 2.24) is 0 Å². The van der Waals surface area contributed by atoms with Crippen LogP contribution in [0.15, 0.2) is 0 Å². The Kier molecular flexibility index (Phi) is 4.92. The number of aliphatic hydroxyl groups excluding tert-OH is 1. The molecule has 0 aromatic rings. The predicted octanol–water partition coefficient (Wildman–Crippen LogP) is -0.890. The molecule has 0 aromatic heterocycles. The summed E-state index contributed by atoms with van der Waals surface area (Å²) in [6.07, 6.45) is -1.94. The lowest BCUT2D eigenvalue weighted by Crippen LogP contribution is -2.55. The normalized spacial score (nSPS) is 35.5. The molecule has 2 rings (SSSR count). The van der Waals surface area contributed by atoms with Crippen LogP contribution in [0.5, 0.6) is 0 Å². The predicted molar refractivity (Wildman–Crippen MR) is 71.3 cm³/mol. The first-order valence-electron chi connectivity index (χ1n) is 7.42. The van der Waals surface area contributed by atoms with Gasteiger partial charge in [-0.15, -0.1) is 0 Å². The molecular formula is C14H20O9. The highest BCUT2D eigenvalue weighted by molar-refractivity contribution is 5.91. The van der Waals surface area contributed by atoms with E-state index in [1.807, 2.05) is 0 Å². The van der Waals surface area contributed by atoms with E-state index in [0.29, 0.717) is 19.3 Å². The van der Waals surface area contributed by atoms with E-state index in [4.69, 9.17) is 14.2 Å². The van der Waals surface area contributed by atoms with E-state index in [-0.39, 0.29) is 6.42 Å². The Labute approximate surface area is 132 Å². The molecule has 0 aliphatic carbocycles. The largest absolute Gasteiger partial charge is 0.451 e. The number of fused-ring (bicyclic) bond motifs is 3. The molecule has 0 radical (unpaired) electrons. The topological polar surface area (TPSA) is 140 Å². The number of carbonyl (C=O) groups is 3. The van der Waals surface area contributed by atoms with Crippen LogP contribution in [-0.4, -0.2) is 57.0 Å². The molecule has 2 aliphatic rings. The molecule has 23 heavy (non-hydrogen) atoms. The molecule has 3 N–H and O–H groups in total. The highest BCUT2D eigenvalue weighted by Crippen LogP contribution is 2.35. The van der Waals surface area contributed by atoms with E-state index >= 15 is 0 Å². The molecule has 0 amide bonds. The van der Waals surface area contributed by atoms with Crippen LogP contribution in [0.3, 0.4) is 0 Å². The van der Waals surface area contributed by atoms with Gasteiger partial charge in [-0.2, -0.15) is 0 Å². The van der Waals surface area contributed by atoms with Gasteiger partial charge in [0.25, 0.3) is 0 Å². The molecule has 2 aliphatic heterocycles. The summed E-state index contributed by atoms with van der Waals surface area (Å²) >= 11 is 0. The number of cyclic esters (lactones) is 1. The van der Waals surface area contributed by atoms with Gasteiger partial charge in [-0.25, -0.2) is 4.79 Å². The van der Waals surface area contributed by atoms with Gasteiger partial charge in [-0.1, -0.05) is 6.42 Å². The van der Waals surface area contributed by atoms with Crippen molar-refractivity contribution >= 4 is 17.9 Å². The molecule has 4 atom stereocenters. The van der Waals surface area contributed by atoms with Crippen LogP contribution in [-0.2, 0) is 28.6 Å². The molecule has 2 heterocycles. The van der Waals surface area contributed by atoms with E-state index < -0.39 is 54.5 Å². The van der Waals surface area contributed by atoms with Crippen molar-refractivity contribution in [1.29, 1.82) is 0 Å². The highest BCUT2D eigenvalue weighted by atomic mass is 16.9. The van der Waals surface area contributed by atoms with Crippen molar-refractivity contribution in [2.75, 3.05) is 0 Å². The van der Waals surface area contributed by atoms with Gasteiger partial charge in [0.2, 0.25) is 6.10 Å². The minimum Gasteiger partial charge on any atom is -0.451 e. The van der Waals surface area contributed by atoms with Crippen LogP contribution in [0.4, 0.5) is 0 Å². The third kappa shape index (κ3) is 3.98. The third-order valence-electron chi connectivity index (χ3n) is 3.77. The summed E-state index contributed by atoms with van der Waals surface area (Å²) < 4.78 is 14.4. The van der Waals surface area contributed by atoms with Crippen molar-refractivity contribution < 1.29 is 43.9 Å². The fraction of sp³-hybridized carbons (Fsp3) is 0.786. The second kappa shape index (κ2) is 6.42. The maximum Gasteiger partial charge on any atom is 0.413 e. The van der Waals surface area contributed by atoms with Gasteiger partial charge in [0, 0.05) is 0 Å². The molecule has 2 bridgehead atoms. The summed E-state index contributed by atoms with van der Waals surface area (Å²) in [6, 6.07) is 0. The first-order chi connectivity index (χ1) is 10.6. The van der Waals surface area contributed by atoms with Gasteiger partial charge in [-0.05, 0) is 26.2 Å². The van der Waals surface area contributed by atoms with E-state index in [9.17, 15) is 29.7 Å². The Balaban J connectivity index is 2.17. The number of aliphatic hydroxyl groups is 3. The van der Waals surface area contributed by atoms with E-state index in [1.54, 1.807) is 6.92 Å². The molecule has 0 spiro atoms. The summed E-state index contributed by atoms with van der Waals surface area (Å²) in [5, 5.41) is 29.6. The molecular weight excluding hydrogens is 312 g/mol. The second-order valence-corrected chi connectivity index (χ2v) is 5.99. The first kappa shape index (κ1) is 17.6. The number of esters is 3. The van der Waals surface area contributed by atoms with E-state index in [2.05, 4.69) is 0 Å². The quantitative estimate of drug-likeness (QED) is 0.432. The molecule has 9 nitrogen and oxygen atoms in total. The molecule has 4 unspecified atom stereocenters. The van der Waals surface area contributed by atoms with E-state index in [0.717, 1.165) is 0 Å². The number of unbranched alkanes of at least 4 members (excludes halogenated alkanes) is 1. The van der Waals surface area contributed by atoms with Gasteiger partial charge in [0.05, 0.1) is 18.9 Å². The lowest BCUT2D eigenvalue weighted by molar-refractivity contribution is -0.363. The monoisotopic (exact) mass is 332 g/mol. The van der Waals surface area contributed by atoms with Crippen LogP contribution < -0.4 is 0 Å². The Hall–Kier alpha value is -1.71.